The Morgan fingerprint density at radius 1 is 1.05 bits per heavy atom. The quantitative estimate of drug-likeness (QED) is 0.114. The second-order valence-electron chi connectivity index (χ2n) is 10.2. The van der Waals surface area contributed by atoms with E-state index < -0.39 is 28.7 Å². The van der Waals surface area contributed by atoms with E-state index in [0.717, 1.165) is 37.3 Å². The Kier molecular flexibility index (Phi) is 7.47. The van der Waals surface area contributed by atoms with Gasteiger partial charge in [0.25, 0.3) is 17.5 Å². The Bertz CT molecular complexity index is 1920. The molecule has 4 aromatic carbocycles. The molecule has 0 saturated carbocycles. The van der Waals surface area contributed by atoms with E-state index in [2.05, 4.69) is 6.07 Å². The number of aryl methyl sites for hydroxylation is 1. The topological polar surface area (TPSA) is 114 Å². The van der Waals surface area contributed by atoms with Crippen molar-refractivity contribution in [2.45, 2.75) is 25.9 Å². The van der Waals surface area contributed by atoms with Crippen LogP contribution in [0.5, 0.6) is 0 Å². The van der Waals surface area contributed by atoms with Gasteiger partial charge in [0.05, 0.1) is 27.2 Å². The molecule has 3 amide bonds. The van der Waals surface area contributed by atoms with Gasteiger partial charge in [0, 0.05) is 34.8 Å². The number of carbonyl (C=O) groups excluding carboxylic acids is 3. The molecule has 1 unspecified atom stereocenters. The first-order chi connectivity index (χ1) is 20.7. The fourth-order valence-electron chi connectivity index (χ4n) is 5.09. The van der Waals surface area contributed by atoms with E-state index >= 15 is 0 Å². The van der Waals surface area contributed by atoms with Gasteiger partial charge in [-0.2, -0.15) is 0 Å². The minimum absolute atomic E-state index is 0.0235. The van der Waals surface area contributed by atoms with Crippen LogP contribution in [0, 0.1) is 17.0 Å². The summed E-state index contributed by atoms with van der Waals surface area (Å²) in [5, 5.41) is 12.6. The molecular weight excluding hydrogens is 588 g/mol. The SMILES string of the molecule is Cc1ccc2nc(-c3ccc(N4C(=O)CC(N(Cc5ccccc5Cl)C(=O)c5cccc([N+](=O)[O-])c5)C4=O)cc3)sc2c1. The zero-order valence-electron chi connectivity index (χ0n) is 22.8. The summed E-state index contributed by atoms with van der Waals surface area (Å²) >= 11 is 7.95. The zero-order valence-corrected chi connectivity index (χ0v) is 24.3. The van der Waals surface area contributed by atoms with Crippen LogP contribution in [-0.2, 0) is 16.1 Å². The average molecular weight is 611 g/mol. The van der Waals surface area contributed by atoms with Crippen molar-refractivity contribution in [1.82, 2.24) is 9.88 Å². The van der Waals surface area contributed by atoms with E-state index in [-0.39, 0.29) is 24.2 Å². The number of rotatable bonds is 7. The molecule has 1 aromatic heterocycles. The number of non-ortho nitro benzene ring substituents is 1. The van der Waals surface area contributed by atoms with Crippen molar-refractivity contribution in [1.29, 1.82) is 0 Å². The number of amides is 3. The minimum atomic E-state index is -1.14. The van der Waals surface area contributed by atoms with Crippen LogP contribution in [-0.4, -0.2) is 38.6 Å². The largest absolute Gasteiger partial charge is 0.322 e. The third-order valence-corrected chi connectivity index (χ3v) is 8.71. The molecule has 43 heavy (non-hydrogen) atoms. The van der Waals surface area contributed by atoms with Crippen molar-refractivity contribution >= 4 is 62.3 Å². The number of nitro groups is 1. The predicted molar refractivity (Wildman–Crippen MR) is 165 cm³/mol. The molecule has 0 bridgehead atoms. The molecule has 5 aromatic rings. The van der Waals surface area contributed by atoms with E-state index in [1.54, 1.807) is 47.7 Å². The average Bonchev–Trinajstić information content (AvgIpc) is 3.56. The monoisotopic (exact) mass is 610 g/mol. The summed E-state index contributed by atoms with van der Waals surface area (Å²) in [7, 11) is 0. The van der Waals surface area contributed by atoms with Crippen LogP contribution >= 0.6 is 22.9 Å². The first-order valence-corrected chi connectivity index (χ1v) is 14.5. The first kappa shape index (κ1) is 28.2. The molecule has 1 fully saturated rings. The number of thiazole rings is 1. The Balaban J connectivity index is 1.31. The lowest BCUT2D eigenvalue weighted by Gasteiger charge is -2.28. The molecule has 2 heterocycles. The highest BCUT2D eigenvalue weighted by atomic mass is 35.5. The third-order valence-electron chi connectivity index (χ3n) is 7.28. The molecule has 0 N–H and O–H groups in total. The number of hydrogen-bond acceptors (Lipinski definition) is 7. The third kappa shape index (κ3) is 5.50. The normalized spacial score (nSPS) is 14.8. The summed E-state index contributed by atoms with van der Waals surface area (Å²) in [6.07, 6.45) is -0.247. The van der Waals surface area contributed by atoms with E-state index in [0.29, 0.717) is 16.3 Å². The highest BCUT2D eigenvalue weighted by Crippen LogP contribution is 2.34. The molecule has 9 nitrogen and oxygen atoms in total. The van der Waals surface area contributed by atoms with Gasteiger partial charge >= 0.3 is 0 Å². The van der Waals surface area contributed by atoms with Crippen LogP contribution in [0.25, 0.3) is 20.8 Å². The number of benzene rings is 4. The maximum atomic E-state index is 13.8. The lowest BCUT2D eigenvalue weighted by atomic mass is 10.1. The van der Waals surface area contributed by atoms with Crippen LogP contribution in [0.1, 0.15) is 27.9 Å². The van der Waals surface area contributed by atoms with Crippen LogP contribution in [0.4, 0.5) is 11.4 Å². The molecule has 214 valence electrons. The standard InChI is InChI=1S/C32H23ClN4O5S/c1-19-9-14-26-28(15-19)43-30(34-26)20-10-12-23(13-11-20)36-29(38)17-27(32(36)40)35(18-22-5-2-3-8-25(22)33)31(39)21-6-4-7-24(16-21)37(41)42/h2-16,27H,17-18H2,1H3. The number of aromatic nitrogens is 1. The minimum Gasteiger partial charge on any atom is -0.322 e. The lowest BCUT2D eigenvalue weighted by Crippen LogP contribution is -2.45. The van der Waals surface area contributed by atoms with Crippen LogP contribution in [0.2, 0.25) is 5.02 Å². The second kappa shape index (κ2) is 11.4. The van der Waals surface area contributed by atoms with Gasteiger partial charge in [0.1, 0.15) is 11.0 Å². The maximum Gasteiger partial charge on any atom is 0.270 e. The Morgan fingerprint density at radius 2 is 1.81 bits per heavy atom. The Hall–Kier alpha value is -4.93. The van der Waals surface area contributed by atoms with Crippen molar-refractivity contribution in [3.05, 3.63) is 123 Å². The Labute approximate surface area is 255 Å². The lowest BCUT2D eigenvalue weighted by molar-refractivity contribution is -0.384. The summed E-state index contributed by atoms with van der Waals surface area (Å²) in [6.45, 7) is 1.95. The number of nitro benzene ring substituents is 1. The predicted octanol–water partition coefficient (Wildman–Crippen LogP) is 6.81. The second-order valence-corrected chi connectivity index (χ2v) is 11.6. The number of imide groups is 1. The maximum absolute atomic E-state index is 13.8. The van der Waals surface area contributed by atoms with Gasteiger partial charge in [-0.15, -0.1) is 11.3 Å². The highest BCUT2D eigenvalue weighted by molar-refractivity contribution is 7.21. The van der Waals surface area contributed by atoms with Gasteiger partial charge < -0.3 is 4.90 Å². The molecule has 1 atom stereocenters. The molecule has 11 heteroatoms. The zero-order chi connectivity index (χ0) is 30.2. The van der Waals surface area contributed by atoms with E-state index in [9.17, 15) is 24.5 Å². The molecule has 1 aliphatic heterocycles. The van der Waals surface area contributed by atoms with Gasteiger partial charge in [-0.3, -0.25) is 24.5 Å². The molecule has 0 spiro atoms. The number of carbonyl (C=O) groups is 3. The smallest absolute Gasteiger partial charge is 0.270 e. The fourth-order valence-corrected chi connectivity index (χ4v) is 6.36. The number of fused-ring (bicyclic) bond motifs is 1. The molecular formula is C32H23ClN4O5S. The van der Waals surface area contributed by atoms with Crippen LogP contribution < -0.4 is 4.90 Å². The van der Waals surface area contributed by atoms with Crippen molar-refractivity contribution in [2.75, 3.05) is 4.90 Å². The number of nitrogens with zero attached hydrogens (tertiary/aromatic N) is 4. The number of hydrogen-bond donors (Lipinski definition) is 0. The molecule has 1 aliphatic rings. The summed E-state index contributed by atoms with van der Waals surface area (Å²) in [5.74, 6) is -1.66. The van der Waals surface area contributed by atoms with Crippen molar-refractivity contribution in [3.8, 4) is 10.6 Å². The first-order valence-electron chi connectivity index (χ1n) is 13.3. The van der Waals surface area contributed by atoms with Gasteiger partial charge in [-0.05, 0) is 66.6 Å². The number of anilines is 1. The Morgan fingerprint density at radius 3 is 2.56 bits per heavy atom. The van der Waals surface area contributed by atoms with Crippen molar-refractivity contribution in [3.63, 3.8) is 0 Å². The summed E-state index contributed by atoms with van der Waals surface area (Å²) in [6, 6.07) is 24.1. The van der Waals surface area contributed by atoms with Crippen molar-refractivity contribution in [2.24, 2.45) is 0 Å². The molecule has 6 rings (SSSR count). The van der Waals surface area contributed by atoms with Crippen LogP contribution in [0.15, 0.2) is 91.0 Å². The van der Waals surface area contributed by atoms with Crippen molar-refractivity contribution < 1.29 is 19.3 Å². The van der Waals surface area contributed by atoms with Gasteiger partial charge in [-0.1, -0.05) is 41.9 Å². The summed E-state index contributed by atoms with van der Waals surface area (Å²) in [5.41, 5.74) is 3.59. The van der Waals surface area contributed by atoms with Gasteiger partial charge in [-0.25, -0.2) is 9.88 Å². The summed E-state index contributed by atoms with van der Waals surface area (Å²) in [4.78, 5) is 58.7. The molecule has 1 saturated heterocycles. The van der Waals surface area contributed by atoms with Gasteiger partial charge in [0.15, 0.2) is 0 Å². The molecule has 0 radical (unpaired) electrons. The summed E-state index contributed by atoms with van der Waals surface area (Å²) < 4.78 is 1.07. The fraction of sp³-hybridized carbons (Fsp3) is 0.125. The number of halogens is 1. The van der Waals surface area contributed by atoms with E-state index in [1.165, 1.54) is 23.1 Å². The van der Waals surface area contributed by atoms with E-state index in [4.69, 9.17) is 16.6 Å². The van der Waals surface area contributed by atoms with Crippen LogP contribution in [0.3, 0.4) is 0 Å². The highest BCUT2D eigenvalue weighted by Gasteiger charge is 2.44. The van der Waals surface area contributed by atoms with Gasteiger partial charge in [0.2, 0.25) is 5.91 Å². The molecule has 0 aliphatic carbocycles. The van der Waals surface area contributed by atoms with E-state index in [1.807, 2.05) is 31.2 Å².